The van der Waals surface area contributed by atoms with Crippen LogP contribution in [0.2, 0.25) is 0 Å². The van der Waals surface area contributed by atoms with Crippen molar-refractivity contribution in [1.29, 1.82) is 0 Å². The lowest BCUT2D eigenvalue weighted by Gasteiger charge is -2.09. The average Bonchev–Trinajstić information content (AvgIpc) is 2.46. The van der Waals surface area contributed by atoms with Crippen LogP contribution in [0, 0.1) is 0 Å². The van der Waals surface area contributed by atoms with Gasteiger partial charge in [-0.3, -0.25) is 0 Å². The Balaban J connectivity index is 2.22. The van der Waals surface area contributed by atoms with E-state index in [2.05, 4.69) is 9.97 Å². The molecule has 7 heteroatoms. The number of aromatic nitrogens is 2. The number of rotatable bonds is 2. The number of nitrogens with one attached hydrogen (secondary N) is 1. The summed E-state index contributed by atoms with van der Waals surface area (Å²) in [7, 11) is 0. The van der Waals surface area contributed by atoms with E-state index >= 15 is 0 Å². The number of fused-ring (bicyclic) bond motifs is 1. The van der Waals surface area contributed by atoms with Gasteiger partial charge < -0.3 is 4.98 Å². The Morgan fingerprint density at radius 1 is 1.05 bits per heavy atom. The quantitative estimate of drug-likeness (QED) is 0.719. The summed E-state index contributed by atoms with van der Waals surface area (Å²) in [5.74, 6) is 0. The van der Waals surface area contributed by atoms with E-state index in [0.29, 0.717) is 22.2 Å². The van der Waals surface area contributed by atoms with Crippen molar-refractivity contribution in [3.63, 3.8) is 0 Å². The minimum Gasteiger partial charge on any atom is -0.305 e. The molecule has 1 heterocycles. The van der Waals surface area contributed by atoms with Crippen LogP contribution >= 0.6 is 11.8 Å². The van der Waals surface area contributed by atoms with Gasteiger partial charge in [0.25, 0.3) is 0 Å². The first kappa shape index (κ1) is 14.6. The highest BCUT2D eigenvalue weighted by molar-refractivity contribution is 8.00. The van der Waals surface area contributed by atoms with E-state index in [1.807, 2.05) is 6.07 Å². The number of aromatic amines is 1. The van der Waals surface area contributed by atoms with Gasteiger partial charge in [-0.15, -0.1) is 0 Å². The fraction of sp³-hybridized carbons (Fsp3) is 0.0667. The summed E-state index contributed by atoms with van der Waals surface area (Å²) in [6.45, 7) is 0. The van der Waals surface area contributed by atoms with Crippen LogP contribution < -0.4 is 5.69 Å². The monoisotopic (exact) mass is 322 g/mol. The van der Waals surface area contributed by atoms with E-state index in [9.17, 15) is 18.0 Å². The molecule has 2 aromatic carbocycles. The Kier molecular flexibility index (Phi) is 3.66. The van der Waals surface area contributed by atoms with Crippen LogP contribution in [0.15, 0.2) is 58.2 Å². The minimum atomic E-state index is -4.36. The van der Waals surface area contributed by atoms with E-state index in [0.717, 1.165) is 0 Å². The smallest absolute Gasteiger partial charge is 0.305 e. The third kappa shape index (κ3) is 3.14. The highest BCUT2D eigenvalue weighted by Crippen LogP contribution is 2.38. The normalized spacial score (nSPS) is 11.8. The van der Waals surface area contributed by atoms with Crippen molar-refractivity contribution < 1.29 is 13.2 Å². The van der Waals surface area contributed by atoms with Gasteiger partial charge in [-0.25, -0.2) is 4.79 Å². The van der Waals surface area contributed by atoms with Crippen molar-refractivity contribution in [2.75, 3.05) is 0 Å². The highest BCUT2D eigenvalue weighted by Gasteiger charge is 2.29. The molecule has 0 spiro atoms. The Morgan fingerprint density at radius 3 is 2.45 bits per heavy atom. The Hall–Kier alpha value is -2.28. The molecule has 112 valence electrons. The summed E-state index contributed by atoms with van der Waals surface area (Å²) in [6, 6.07) is 13.0. The molecule has 1 N–H and O–H groups in total. The van der Waals surface area contributed by atoms with Gasteiger partial charge >= 0.3 is 11.2 Å². The topological polar surface area (TPSA) is 45.8 Å². The van der Waals surface area contributed by atoms with Crippen LogP contribution in [0.25, 0.3) is 22.2 Å². The first-order valence-corrected chi connectivity index (χ1v) is 7.09. The second-order valence-electron chi connectivity index (χ2n) is 4.51. The number of hydrogen-bond donors (Lipinski definition) is 1. The Labute approximate surface area is 127 Å². The van der Waals surface area contributed by atoms with Crippen LogP contribution in [-0.4, -0.2) is 15.5 Å². The van der Waals surface area contributed by atoms with Crippen molar-refractivity contribution in [3.05, 3.63) is 59.0 Å². The predicted molar refractivity (Wildman–Crippen MR) is 79.7 cm³/mol. The van der Waals surface area contributed by atoms with Crippen molar-refractivity contribution in [3.8, 4) is 11.3 Å². The van der Waals surface area contributed by atoms with Crippen LogP contribution in [0.4, 0.5) is 13.2 Å². The second-order valence-corrected chi connectivity index (χ2v) is 5.65. The van der Waals surface area contributed by atoms with Gasteiger partial charge in [0.05, 0.1) is 11.2 Å². The molecule has 0 aliphatic carbocycles. The number of H-pyrrole nitrogens is 1. The van der Waals surface area contributed by atoms with Crippen LogP contribution in [-0.2, 0) is 0 Å². The molecule has 0 unspecified atom stereocenters. The predicted octanol–water partition coefficient (Wildman–Crippen LogP) is 4.20. The third-order valence-electron chi connectivity index (χ3n) is 2.98. The fourth-order valence-corrected chi connectivity index (χ4v) is 2.73. The van der Waals surface area contributed by atoms with Crippen molar-refractivity contribution in [2.24, 2.45) is 0 Å². The maximum absolute atomic E-state index is 12.5. The first-order valence-electron chi connectivity index (χ1n) is 6.28. The maximum Gasteiger partial charge on any atom is 0.446 e. The van der Waals surface area contributed by atoms with Gasteiger partial charge in [-0.1, -0.05) is 30.3 Å². The van der Waals surface area contributed by atoms with Crippen LogP contribution in [0.3, 0.4) is 0 Å². The number of hydrogen-bond acceptors (Lipinski definition) is 3. The molecular formula is C15H9F3N2OS. The summed E-state index contributed by atoms with van der Waals surface area (Å²) in [4.78, 5) is 18.1. The Morgan fingerprint density at radius 2 is 1.77 bits per heavy atom. The van der Waals surface area contributed by atoms with Crippen molar-refractivity contribution in [1.82, 2.24) is 9.97 Å². The second kappa shape index (κ2) is 5.49. The van der Waals surface area contributed by atoms with Gasteiger partial charge in [0, 0.05) is 15.8 Å². The number of thioether (sulfide) groups is 1. The number of halogens is 3. The molecule has 0 bridgehead atoms. The van der Waals surface area contributed by atoms with Gasteiger partial charge in [-0.05, 0) is 30.0 Å². The van der Waals surface area contributed by atoms with E-state index < -0.39 is 11.2 Å². The molecule has 0 saturated heterocycles. The molecule has 0 radical (unpaired) electrons. The molecule has 3 nitrogen and oxygen atoms in total. The largest absolute Gasteiger partial charge is 0.446 e. The summed E-state index contributed by atoms with van der Waals surface area (Å²) < 4.78 is 37.6. The van der Waals surface area contributed by atoms with Gasteiger partial charge in [0.1, 0.15) is 0 Å². The lowest BCUT2D eigenvalue weighted by atomic mass is 10.1. The number of benzene rings is 2. The molecule has 0 aliphatic rings. The minimum absolute atomic E-state index is 0.0473. The van der Waals surface area contributed by atoms with Crippen LogP contribution in [0.5, 0.6) is 0 Å². The summed E-state index contributed by atoms with van der Waals surface area (Å²) in [6.07, 6.45) is 0. The zero-order valence-electron chi connectivity index (χ0n) is 11.0. The molecule has 0 amide bonds. The van der Waals surface area contributed by atoms with Crippen molar-refractivity contribution >= 4 is 22.7 Å². The zero-order valence-corrected chi connectivity index (χ0v) is 11.8. The molecule has 3 aromatic rings. The average molecular weight is 322 g/mol. The molecule has 1 aromatic heterocycles. The number of alkyl halides is 3. The number of nitrogens with zero attached hydrogens (tertiary/aromatic N) is 1. The lowest BCUT2D eigenvalue weighted by Crippen LogP contribution is -2.11. The van der Waals surface area contributed by atoms with Gasteiger partial charge in [0.15, 0.2) is 0 Å². The Bertz CT molecular complexity index is 875. The molecular weight excluding hydrogens is 313 g/mol. The first-order chi connectivity index (χ1) is 10.4. The van der Waals surface area contributed by atoms with Gasteiger partial charge in [0.2, 0.25) is 0 Å². The van der Waals surface area contributed by atoms with E-state index in [1.54, 1.807) is 24.3 Å². The third-order valence-corrected chi connectivity index (χ3v) is 3.70. The van der Waals surface area contributed by atoms with E-state index in [4.69, 9.17) is 0 Å². The molecule has 0 aliphatic heterocycles. The highest BCUT2D eigenvalue weighted by atomic mass is 32.2. The van der Waals surface area contributed by atoms with E-state index in [-0.39, 0.29) is 16.7 Å². The van der Waals surface area contributed by atoms with E-state index in [1.165, 1.54) is 18.2 Å². The maximum atomic E-state index is 12.5. The molecule has 0 saturated carbocycles. The molecule has 0 atom stereocenters. The molecule has 3 rings (SSSR count). The summed E-state index contributed by atoms with van der Waals surface area (Å²) in [5.41, 5.74) is -3.42. The van der Waals surface area contributed by atoms with Gasteiger partial charge in [-0.2, -0.15) is 18.2 Å². The SMILES string of the molecule is O=c1nc(-c2ccccc2)c2cc(SC(F)(F)F)ccc2[nH]1. The van der Waals surface area contributed by atoms with Crippen LogP contribution in [0.1, 0.15) is 0 Å². The summed E-state index contributed by atoms with van der Waals surface area (Å²) >= 11 is -0.196. The standard InChI is InChI=1S/C15H9F3N2OS/c16-15(17,18)22-10-6-7-12-11(8-10)13(20-14(21)19-12)9-4-2-1-3-5-9/h1-8H,(H,19,20,21). The molecule has 0 fully saturated rings. The zero-order chi connectivity index (χ0) is 15.7. The fourth-order valence-electron chi connectivity index (χ4n) is 2.15. The lowest BCUT2D eigenvalue weighted by molar-refractivity contribution is -0.0328. The molecule has 22 heavy (non-hydrogen) atoms. The van der Waals surface area contributed by atoms with Crippen molar-refractivity contribution in [2.45, 2.75) is 10.4 Å². The summed E-state index contributed by atoms with van der Waals surface area (Å²) in [5, 5.41) is 0.472.